The molecule has 10 heteroatoms. The molecule has 1 amide bonds. The van der Waals surface area contributed by atoms with E-state index < -0.39 is 29.7 Å². The molecular weight excluding hydrogens is 542 g/mol. The Morgan fingerprint density at radius 2 is 1.69 bits per heavy atom. The molecular formula is C32H31NO9. The topological polar surface area (TPSA) is 147 Å². The Bertz CT molecular complexity index is 1670. The molecule has 0 radical (unpaired) electrons. The van der Waals surface area contributed by atoms with Crippen molar-refractivity contribution in [2.75, 3.05) is 26.8 Å². The van der Waals surface area contributed by atoms with Gasteiger partial charge in [0.15, 0.2) is 23.5 Å². The van der Waals surface area contributed by atoms with E-state index in [1.54, 1.807) is 41.3 Å². The van der Waals surface area contributed by atoms with Crippen LogP contribution in [0.1, 0.15) is 42.7 Å². The third kappa shape index (κ3) is 5.88. The molecule has 1 saturated heterocycles. The normalized spacial score (nSPS) is 14.0. The first-order valence-electron chi connectivity index (χ1n) is 13.6. The van der Waals surface area contributed by atoms with E-state index in [2.05, 4.69) is 0 Å². The quantitative estimate of drug-likeness (QED) is 0.255. The van der Waals surface area contributed by atoms with Crippen molar-refractivity contribution >= 4 is 22.8 Å². The summed E-state index contributed by atoms with van der Waals surface area (Å²) >= 11 is 0. The number of amides is 1. The van der Waals surface area contributed by atoms with Crippen molar-refractivity contribution in [1.82, 2.24) is 4.90 Å². The van der Waals surface area contributed by atoms with Crippen LogP contribution in [0.5, 0.6) is 23.0 Å². The number of piperidine rings is 1. The predicted molar refractivity (Wildman–Crippen MR) is 154 cm³/mol. The second-order valence-corrected chi connectivity index (χ2v) is 10.2. The van der Waals surface area contributed by atoms with Gasteiger partial charge in [0.05, 0.1) is 7.11 Å². The molecule has 2 heterocycles. The highest BCUT2D eigenvalue weighted by molar-refractivity contribution is 5.91. The molecule has 1 aliphatic heterocycles. The maximum atomic E-state index is 13.6. The number of phenolic OH excluding ortho intramolecular Hbond substituents is 2. The Balaban J connectivity index is 1.70. The van der Waals surface area contributed by atoms with Crippen LogP contribution in [0.4, 0.5) is 0 Å². The van der Waals surface area contributed by atoms with E-state index >= 15 is 0 Å². The number of aliphatic carboxylic acids is 1. The van der Waals surface area contributed by atoms with Gasteiger partial charge in [0.2, 0.25) is 5.91 Å². The molecule has 1 unspecified atom stereocenters. The van der Waals surface area contributed by atoms with Gasteiger partial charge in [0, 0.05) is 48.7 Å². The van der Waals surface area contributed by atoms with Crippen LogP contribution < -0.4 is 14.9 Å². The van der Waals surface area contributed by atoms with Gasteiger partial charge in [-0.05, 0) is 37.0 Å². The van der Waals surface area contributed by atoms with Gasteiger partial charge >= 0.3 is 5.97 Å². The monoisotopic (exact) mass is 573 g/mol. The van der Waals surface area contributed by atoms with Crippen molar-refractivity contribution in [3.8, 4) is 34.3 Å². The Hall–Kier alpha value is -4.99. The summed E-state index contributed by atoms with van der Waals surface area (Å²) < 4.78 is 17.1. The lowest BCUT2D eigenvalue weighted by atomic mass is 9.85. The number of hydrogen-bond acceptors (Lipinski definition) is 8. The van der Waals surface area contributed by atoms with Crippen LogP contribution in [0, 0.1) is 0 Å². The largest absolute Gasteiger partial charge is 0.507 e. The molecule has 3 aromatic carbocycles. The number of carboxylic acids is 1. The smallest absolute Gasteiger partial charge is 0.341 e. The lowest BCUT2D eigenvalue weighted by Crippen LogP contribution is -2.36. The molecule has 1 fully saturated rings. The first-order valence-corrected chi connectivity index (χ1v) is 13.6. The number of carboxylic acid groups (broad SMARTS) is 1. The molecule has 0 bridgehead atoms. The number of nitrogens with zero attached hydrogens (tertiary/aromatic N) is 1. The van der Waals surface area contributed by atoms with Crippen LogP contribution in [0.15, 0.2) is 69.9 Å². The molecule has 1 aliphatic rings. The fourth-order valence-electron chi connectivity index (χ4n) is 5.40. The first kappa shape index (κ1) is 28.5. The summed E-state index contributed by atoms with van der Waals surface area (Å²) in [6, 6.07) is 16.1. The summed E-state index contributed by atoms with van der Waals surface area (Å²) in [5.74, 6) is -2.30. The van der Waals surface area contributed by atoms with Crippen LogP contribution in [-0.2, 0) is 9.59 Å². The van der Waals surface area contributed by atoms with Gasteiger partial charge in [-0.1, -0.05) is 36.4 Å². The van der Waals surface area contributed by atoms with Crippen molar-refractivity contribution < 1.29 is 38.8 Å². The van der Waals surface area contributed by atoms with E-state index in [0.717, 1.165) is 25.3 Å². The minimum atomic E-state index is -1.16. The molecule has 0 aliphatic carbocycles. The number of hydrogen-bond donors (Lipinski definition) is 3. The maximum Gasteiger partial charge on any atom is 0.341 e. The summed E-state index contributed by atoms with van der Waals surface area (Å²) in [5, 5.41) is 30.9. The number of rotatable bonds is 9. The maximum absolute atomic E-state index is 13.6. The second kappa shape index (κ2) is 12.3. The summed E-state index contributed by atoms with van der Waals surface area (Å²) in [5.41, 5.74) is 0.748. The lowest BCUT2D eigenvalue weighted by Gasteiger charge is -2.29. The SMILES string of the molecule is COc1cc(C(CC(=O)N2CCCCC2)c2c(O)cc(O)c3c(=O)cc(-c4ccccc4)oc23)ccc1OCC(=O)O. The van der Waals surface area contributed by atoms with Crippen LogP contribution in [-0.4, -0.2) is 58.9 Å². The fraction of sp³-hybridized carbons (Fsp3) is 0.281. The molecule has 1 aromatic heterocycles. The van der Waals surface area contributed by atoms with E-state index in [1.807, 2.05) is 6.07 Å². The van der Waals surface area contributed by atoms with Crippen molar-refractivity contribution in [1.29, 1.82) is 0 Å². The lowest BCUT2D eigenvalue weighted by molar-refractivity contribution is -0.139. The van der Waals surface area contributed by atoms with Crippen LogP contribution in [0.2, 0.25) is 0 Å². The highest BCUT2D eigenvalue weighted by Crippen LogP contribution is 2.44. The third-order valence-corrected chi connectivity index (χ3v) is 7.43. The number of benzene rings is 3. The second-order valence-electron chi connectivity index (χ2n) is 10.2. The van der Waals surface area contributed by atoms with Gasteiger partial charge in [-0.3, -0.25) is 9.59 Å². The Morgan fingerprint density at radius 3 is 2.38 bits per heavy atom. The van der Waals surface area contributed by atoms with Crippen molar-refractivity contribution in [2.24, 2.45) is 0 Å². The number of fused-ring (bicyclic) bond motifs is 1. The molecule has 10 nitrogen and oxygen atoms in total. The summed E-state index contributed by atoms with van der Waals surface area (Å²) in [6.07, 6.45) is 2.75. The Morgan fingerprint density at radius 1 is 0.952 bits per heavy atom. The highest BCUT2D eigenvalue weighted by atomic mass is 16.5. The van der Waals surface area contributed by atoms with Gasteiger partial charge in [-0.15, -0.1) is 0 Å². The minimum absolute atomic E-state index is 0.0412. The van der Waals surface area contributed by atoms with Gasteiger partial charge in [-0.25, -0.2) is 4.79 Å². The standard InChI is InChI=1S/C32H31NO9/c1-40-27-14-20(10-11-25(27)41-18-29(38)39)21(15-28(37)33-12-6-3-7-13-33)30-22(34)16-23(35)31-24(36)17-26(42-32(30)31)19-8-4-2-5-9-19/h2,4-5,8-11,14,16-17,21,34-35H,3,6-7,12-13,15,18H2,1H3,(H,38,39). The van der Waals surface area contributed by atoms with E-state index in [1.165, 1.54) is 19.2 Å². The van der Waals surface area contributed by atoms with E-state index in [9.17, 15) is 24.6 Å². The number of likely N-dealkylation sites (tertiary alicyclic amines) is 1. The zero-order chi connectivity index (χ0) is 29.8. The van der Waals surface area contributed by atoms with Crippen LogP contribution >= 0.6 is 0 Å². The molecule has 1 atom stereocenters. The highest BCUT2D eigenvalue weighted by Gasteiger charge is 2.30. The Kier molecular flexibility index (Phi) is 8.33. The molecule has 42 heavy (non-hydrogen) atoms. The molecule has 218 valence electrons. The third-order valence-electron chi connectivity index (χ3n) is 7.43. The van der Waals surface area contributed by atoms with Gasteiger partial charge in [0.25, 0.3) is 0 Å². The Labute approximate surface area is 241 Å². The number of carbonyl (C=O) groups is 2. The summed E-state index contributed by atoms with van der Waals surface area (Å²) in [7, 11) is 1.40. The zero-order valence-electron chi connectivity index (χ0n) is 23.0. The van der Waals surface area contributed by atoms with E-state index in [4.69, 9.17) is 19.0 Å². The summed E-state index contributed by atoms with van der Waals surface area (Å²) in [4.78, 5) is 39.7. The number of aromatic hydroxyl groups is 2. The predicted octanol–water partition coefficient (Wildman–Crippen LogP) is 4.88. The number of phenols is 2. The van der Waals surface area contributed by atoms with E-state index in [0.29, 0.717) is 24.2 Å². The minimum Gasteiger partial charge on any atom is -0.507 e. The summed E-state index contributed by atoms with van der Waals surface area (Å²) in [6.45, 7) is 0.655. The van der Waals surface area contributed by atoms with Crippen LogP contribution in [0.25, 0.3) is 22.3 Å². The fourth-order valence-corrected chi connectivity index (χ4v) is 5.40. The average molecular weight is 574 g/mol. The number of methoxy groups -OCH3 is 1. The first-order chi connectivity index (χ1) is 20.3. The van der Waals surface area contributed by atoms with Crippen molar-refractivity contribution in [3.05, 3.63) is 82.0 Å². The molecule has 5 rings (SSSR count). The molecule has 3 N–H and O–H groups in total. The molecule has 0 saturated carbocycles. The molecule has 0 spiro atoms. The average Bonchev–Trinajstić information content (AvgIpc) is 2.99. The van der Waals surface area contributed by atoms with Gasteiger partial charge in [0.1, 0.15) is 28.2 Å². The van der Waals surface area contributed by atoms with Crippen molar-refractivity contribution in [3.63, 3.8) is 0 Å². The number of carbonyl (C=O) groups excluding carboxylic acids is 1. The molecule has 4 aromatic rings. The zero-order valence-corrected chi connectivity index (χ0v) is 23.0. The van der Waals surface area contributed by atoms with Gasteiger partial charge < -0.3 is 34.1 Å². The van der Waals surface area contributed by atoms with Crippen LogP contribution in [0.3, 0.4) is 0 Å². The van der Waals surface area contributed by atoms with E-state index in [-0.39, 0.29) is 51.9 Å². The van der Waals surface area contributed by atoms with Crippen molar-refractivity contribution in [2.45, 2.75) is 31.6 Å². The van der Waals surface area contributed by atoms with Gasteiger partial charge in [-0.2, -0.15) is 0 Å². The number of ether oxygens (including phenoxy) is 2.